The number of ketones is 1. The summed E-state index contributed by atoms with van der Waals surface area (Å²) in [6.45, 7) is 2.94. The summed E-state index contributed by atoms with van der Waals surface area (Å²) in [5, 5.41) is 0. The second-order valence-electron chi connectivity index (χ2n) is 5.50. The number of carbonyl (C=O) groups is 1. The van der Waals surface area contributed by atoms with E-state index in [1.807, 2.05) is 0 Å². The van der Waals surface area contributed by atoms with Gasteiger partial charge < -0.3 is 5.73 Å². The zero-order valence-electron chi connectivity index (χ0n) is 11.9. The van der Waals surface area contributed by atoms with E-state index in [0.717, 1.165) is 50.6 Å². The van der Waals surface area contributed by atoms with Crippen LogP contribution >= 0.6 is 0 Å². The average molecular weight is 251 g/mol. The quantitative estimate of drug-likeness (QED) is 0.743. The van der Waals surface area contributed by atoms with Gasteiger partial charge in [-0.1, -0.05) is 32.3 Å². The number of hydrogen-bond acceptors (Lipinski definition) is 2. The Hall–Kier alpha value is -0.630. The van der Waals surface area contributed by atoms with Crippen molar-refractivity contribution >= 4 is 5.78 Å². The summed E-state index contributed by atoms with van der Waals surface area (Å²) in [5.74, 6) is 1.03. The number of nitrogens with two attached hydrogens (primary N) is 1. The van der Waals surface area contributed by atoms with E-state index in [9.17, 15) is 4.79 Å². The van der Waals surface area contributed by atoms with E-state index < -0.39 is 0 Å². The van der Waals surface area contributed by atoms with Crippen LogP contribution in [0.2, 0.25) is 0 Å². The number of rotatable bonds is 7. The fourth-order valence-corrected chi connectivity index (χ4v) is 2.73. The van der Waals surface area contributed by atoms with E-state index in [1.165, 1.54) is 25.7 Å². The Kier molecular flexibility index (Phi) is 7.99. The van der Waals surface area contributed by atoms with Crippen molar-refractivity contribution in [2.24, 2.45) is 11.7 Å². The molecule has 2 heteroatoms. The van der Waals surface area contributed by atoms with Gasteiger partial charge in [-0.15, -0.1) is 0 Å². The lowest BCUT2D eigenvalue weighted by molar-refractivity contribution is -0.116. The van der Waals surface area contributed by atoms with Crippen molar-refractivity contribution in [3.63, 3.8) is 0 Å². The van der Waals surface area contributed by atoms with Gasteiger partial charge in [-0.25, -0.2) is 0 Å². The Morgan fingerprint density at radius 1 is 1.28 bits per heavy atom. The molecule has 18 heavy (non-hydrogen) atoms. The first-order valence-corrected chi connectivity index (χ1v) is 7.70. The Morgan fingerprint density at radius 2 is 2.06 bits per heavy atom. The first kappa shape index (κ1) is 15.4. The summed E-state index contributed by atoms with van der Waals surface area (Å²) in [5.41, 5.74) is 6.70. The minimum Gasteiger partial charge on any atom is -0.330 e. The summed E-state index contributed by atoms with van der Waals surface area (Å²) < 4.78 is 0. The molecule has 2 nitrogen and oxygen atoms in total. The highest BCUT2D eigenvalue weighted by molar-refractivity contribution is 5.95. The lowest BCUT2D eigenvalue weighted by Crippen LogP contribution is -2.11. The molecule has 1 unspecified atom stereocenters. The molecule has 104 valence electrons. The molecule has 0 spiro atoms. The summed E-state index contributed by atoms with van der Waals surface area (Å²) in [4.78, 5) is 12.2. The van der Waals surface area contributed by atoms with E-state index in [0.29, 0.717) is 11.7 Å². The van der Waals surface area contributed by atoms with Crippen LogP contribution in [0.5, 0.6) is 0 Å². The normalized spacial score (nSPS) is 18.7. The fourth-order valence-electron chi connectivity index (χ4n) is 2.73. The van der Waals surface area contributed by atoms with Crippen molar-refractivity contribution < 1.29 is 4.79 Å². The van der Waals surface area contributed by atoms with E-state index >= 15 is 0 Å². The molecule has 0 saturated carbocycles. The Bertz CT molecular complexity index is 270. The molecule has 1 aliphatic rings. The number of carbonyl (C=O) groups excluding carboxylic acids is 1. The third kappa shape index (κ3) is 5.81. The van der Waals surface area contributed by atoms with Crippen LogP contribution in [0.15, 0.2) is 11.6 Å². The second-order valence-corrected chi connectivity index (χ2v) is 5.50. The van der Waals surface area contributed by atoms with Crippen LogP contribution in [0.4, 0.5) is 0 Å². The molecular formula is C16H29NO. The van der Waals surface area contributed by atoms with Crippen molar-refractivity contribution in [2.75, 3.05) is 6.54 Å². The highest BCUT2D eigenvalue weighted by atomic mass is 16.1. The molecule has 0 saturated heterocycles. The van der Waals surface area contributed by atoms with Crippen LogP contribution in [-0.2, 0) is 4.79 Å². The van der Waals surface area contributed by atoms with Crippen LogP contribution in [-0.4, -0.2) is 12.3 Å². The fraction of sp³-hybridized carbons (Fsp3) is 0.812. The monoisotopic (exact) mass is 251 g/mol. The zero-order valence-corrected chi connectivity index (χ0v) is 11.9. The zero-order chi connectivity index (χ0) is 13.2. The van der Waals surface area contributed by atoms with Crippen LogP contribution in [0.25, 0.3) is 0 Å². The van der Waals surface area contributed by atoms with Crippen LogP contribution in [0, 0.1) is 5.92 Å². The molecule has 0 aliphatic heterocycles. The maximum absolute atomic E-state index is 12.2. The minimum absolute atomic E-state index is 0.396. The van der Waals surface area contributed by atoms with Gasteiger partial charge in [-0.05, 0) is 56.6 Å². The van der Waals surface area contributed by atoms with E-state index in [-0.39, 0.29) is 0 Å². The largest absolute Gasteiger partial charge is 0.330 e. The Labute approximate surface area is 112 Å². The highest BCUT2D eigenvalue weighted by Crippen LogP contribution is 2.21. The lowest BCUT2D eigenvalue weighted by Gasteiger charge is -2.14. The first-order chi connectivity index (χ1) is 8.77. The second kappa shape index (κ2) is 9.32. The number of hydrogen-bond donors (Lipinski definition) is 1. The van der Waals surface area contributed by atoms with Gasteiger partial charge in [0, 0.05) is 6.42 Å². The van der Waals surface area contributed by atoms with E-state index in [1.54, 1.807) is 0 Å². The molecule has 0 bridgehead atoms. The van der Waals surface area contributed by atoms with Gasteiger partial charge in [0.1, 0.15) is 0 Å². The predicted octanol–water partition coefficient (Wildman–Crippen LogP) is 3.99. The molecule has 2 N–H and O–H groups in total. The van der Waals surface area contributed by atoms with E-state index in [4.69, 9.17) is 5.73 Å². The van der Waals surface area contributed by atoms with Crippen LogP contribution in [0.1, 0.15) is 71.1 Å². The molecule has 0 radical (unpaired) electrons. The molecule has 1 aliphatic carbocycles. The van der Waals surface area contributed by atoms with Crippen LogP contribution in [0.3, 0.4) is 0 Å². The molecule has 0 aromatic carbocycles. The molecule has 0 amide bonds. The van der Waals surface area contributed by atoms with Crippen molar-refractivity contribution in [3.05, 3.63) is 11.6 Å². The molecule has 0 aromatic rings. The minimum atomic E-state index is 0.396. The van der Waals surface area contributed by atoms with E-state index in [2.05, 4.69) is 13.0 Å². The Morgan fingerprint density at radius 3 is 2.78 bits per heavy atom. The van der Waals surface area contributed by atoms with Gasteiger partial charge in [0.25, 0.3) is 0 Å². The summed E-state index contributed by atoms with van der Waals surface area (Å²) >= 11 is 0. The molecule has 0 heterocycles. The SMILES string of the molecule is CCC(CCN)CCC(=O)C1=CCCCCCC1. The summed E-state index contributed by atoms with van der Waals surface area (Å²) in [6.07, 6.45) is 13.3. The van der Waals surface area contributed by atoms with Gasteiger partial charge in [-0.2, -0.15) is 0 Å². The van der Waals surface area contributed by atoms with Gasteiger partial charge in [0.2, 0.25) is 0 Å². The van der Waals surface area contributed by atoms with Crippen molar-refractivity contribution in [2.45, 2.75) is 71.1 Å². The lowest BCUT2D eigenvalue weighted by atomic mass is 9.91. The topological polar surface area (TPSA) is 43.1 Å². The highest BCUT2D eigenvalue weighted by Gasteiger charge is 2.13. The molecule has 1 atom stereocenters. The maximum Gasteiger partial charge on any atom is 0.158 e. The molecular weight excluding hydrogens is 222 g/mol. The molecule has 1 rings (SSSR count). The summed E-state index contributed by atoms with van der Waals surface area (Å²) in [6, 6.07) is 0. The number of Topliss-reactive ketones (excluding diaryl/α,β-unsaturated/α-hetero) is 1. The maximum atomic E-state index is 12.2. The third-order valence-electron chi connectivity index (χ3n) is 4.08. The van der Waals surface area contributed by atoms with Crippen molar-refractivity contribution in [1.82, 2.24) is 0 Å². The van der Waals surface area contributed by atoms with Gasteiger partial charge in [0.05, 0.1) is 0 Å². The standard InChI is InChI=1S/C16H29NO/c1-2-14(12-13-17)10-11-16(18)15-8-6-4-3-5-7-9-15/h8,14H,2-7,9-13,17H2,1H3. The first-order valence-electron chi connectivity index (χ1n) is 7.70. The van der Waals surface area contributed by atoms with Crippen molar-refractivity contribution in [1.29, 1.82) is 0 Å². The van der Waals surface area contributed by atoms with Gasteiger partial charge in [0.15, 0.2) is 5.78 Å². The van der Waals surface area contributed by atoms with Gasteiger partial charge in [-0.3, -0.25) is 4.79 Å². The van der Waals surface area contributed by atoms with Crippen LogP contribution < -0.4 is 5.73 Å². The predicted molar refractivity (Wildman–Crippen MR) is 77.5 cm³/mol. The molecule has 0 fully saturated rings. The average Bonchev–Trinajstić information content (AvgIpc) is 2.33. The smallest absolute Gasteiger partial charge is 0.158 e. The molecule has 0 aromatic heterocycles. The van der Waals surface area contributed by atoms with Crippen molar-refractivity contribution in [3.8, 4) is 0 Å². The Balaban J connectivity index is 2.38. The number of allylic oxidation sites excluding steroid dienone is 2. The van der Waals surface area contributed by atoms with Gasteiger partial charge >= 0.3 is 0 Å². The summed E-state index contributed by atoms with van der Waals surface area (Å²) in [7, 11) is 0. The third-order valence-corrected chi connectivity index (χ3v) is 4.08.